The Balaban J connectivity index is 0.000000182. The molecule has 4 heterocycles. The van der Waals surface area contributed by atoms with E-state index < -0.39 is 17.8 Å². The van der Waals surface area contributed by atoms with Crippen molar-refractivity contribution in [2.75, 3.05) is 13.1 Å². The van der Waals surface area contributed by atoms with Crippen molar-refractivity contribution in [2.24, 2.45) is 49.6 Å². The highest BCUT2D eigenvalue weighted by Crippen LogP contribution is 2.42. The zero-order chi connectivity index (χ0) is 52.6. The Morgan fingerprint density at radius 2 is 1.04 bits per heavy atom. The molecule has 12 nitrogen and oxygen atoms in total. The molecule has 0 radical (unpaired) electrons. The molecule has 0 bridgehead atoms. The lowest BCUT2D eigenvalue weighted by Gasteiger charge is -2.23. The van der Waals surface area contributed by atoms with Gasteiger partial charge < -0.3 is 20.1 Å². The van der Waals surface area contributed by atoms with E-state index in [1.165, 1.54) is 31.3 Å². The number of Topliss-reactive ketones (excluding diaryl/α,β-unsaturated/α-hetero) is 2. The average molecular weight is 1120 g/mol. The molecular formula is C52H60ClF5N6O6S4. The third-order valence-electron chi connectivity index (χ3n) is 14.7. The summed E-state index contributed by atoms with van der Waals surface area (Å²) in [5, 5.41) is 13.9. The minimum absolute atomic E-state index is 0.0512. The summed E-state index contributed by atoms with van der Waals surface area (Å²) in [6.45, 7) is 1.37. The fourth-order valence-electron chi connectivity index (χ4n) is 10.1. The number of nitrogens with one attached hydrogen (secondary N) is 2. The first-order valence-electron chi connectivity index (χ1n) is 25.6. The number of ether oxygens (including phenoxy) is 2. The van der Waals surface area contributed by atoms with Crippen molar-refractivity contribution < 1.29 is 50.6 Å². The number of amides is 2. The monoisotopic (exact) mass is 1120 g/mol. The first kappa shape index (κ1) is 54.6. The van der Waals surface area contributed by atoms with E-state index in [0.29, 0.717) is 86.8 Å². The molecule has 6 aliphatic rings. The molecule has 0 unspecified atom stereocenters. The van der Waals surface area contributed by atoms with Crippen molar-refractivity contribution in [1.29, 1.82) is 0 Å². The Kier molecular flexibility index (Phi) is 16.8. The topological polar surface area (TPSA) is 146 Å². The Hall–Kier alpha value is -4.18. The van der Waals surface area contributed by atoms with Crippen LogP contribution in [-0.4, -0.2) is 77.7 Å². The second kappa shape index (κ2) is 22.8. The van der Waals surface area contributed by atoms with Crippen LogP contribution in [0.5, 0.6) is 11.8 Å². The van der Waals surface area contributed by atoms with Crippen LogP contribution >= 0.6 is 58.7 Å². The number of ketones is 2. The van der Waals surface area contributed by atoms with Crippen molar-refractivity contribution >= 4 is 91.8 Å². The van der Waals surface area contributed by atoms with E-state index in [-0.39, 0.29) is 52.9 Å². The fourth-order valence-corrected chi connectivity index (χ4v) is 13.6. The summed E-state index contributed by atoms with van der Waals surface area (Å²) in [7, 11) is 3.21. The summed E-state index contributed by atoms with van der Waals surface area (Å²) in [4.78, 5) is 57.5. The van der Waals surface area contributed by atoms with Gasteiger partial charge in [0.15, 0.2) is 0 Å². The molecule has 2 N–H and O–H groups in total. The Morgan fingerprint density at radius 3 is 1.41 bits per heavy atom. The molecule has 6 aliphatic carbocycles. The molecule has 4 fully saturated rings. The average Bonchev–Trinajstić information content (AvgIpc) is 4.11. The molecule has 0 aromatic carbocycles. The largest absolute Gasteiger partial charge is 0.574 e. The number of fused-ring (bicyclic) bond motifs is 2. The van der Waals surface area contributed by atoms with Crippen LogP contribution in [0.3, 0.4) is 0 Å². The summed E-state index contributed by atoms with van der Waals surface area (Å²) in [5.41, 5.74) is 0.948. The Morgan fingerprint density at radius 1 is 0.635 bits per heavy atom. The predicted octanol–water partition coefficient (Wildman–Crippen LogP) is 10.6. The van der Waals surface area contributed by atoms with E-state index in [4.69, 9.17) is 36.0 Å². The molecule has 2 atom stereocenters. The summed E-state index contributed by atoms with van der Waals surface area (Å²) in [6, 6.07) is 2.69. The van der Waals surface area contributed by atoms with Crippen LogP contribution in [0.4, 0.5) is 22.0 Å². The minimum Gasteiger partial charge on any atom is -0.400 e. The van der Waals surface area contributed by atoms with E-state index >= 15 is 0 Å². The highest BCUT2D eigenvalue weighted by atomic mass is 35.5. The van der Waals surface area contributed by atoms with Gasteiger partial charge in [0, 0.05) is 119 Å². The number of nitrogens with zero attached hydrogens (tertiary/aromatic N) is 4. The van der Waals surface area contributed by atoms with Gasteiger partial charge in [0.2, 0.25) is 11.8 Å². The SMILES string of the molecule is Cn1nc(OC(F)(F)Cl)cc1CC(=S)C[C@H]1CCc2sc(CC(=O)C3CC3)c(C(=O)NCC3CC3)c2C1.Cn1nc(OC(F)(F)F)cc1CC(=S)C[C@H]1CCc2sc(CC(=O)C3CC3)c(C(=O)NCC3CC3)c2C1. The summed E-state index contributed by atoms with van der Waals surface area (Å²) >= 11 is 19.4. The number of hydrogen-bond acceptors (Lipinski definition) is 12. The molecular weight excluding hydrogens is 1060 g/mol. The van der Waals surface area contributed by atoms with Gasteiger partial charge in [0.1, 0.15) is 11.6 Å². The van der Waals surface area contributed by atoms with Gasteiger partial charge >= 0.3 is 11.9 Å². The standard InChI is InChI=1S/C26H30ClF2N3O3S2.C26H30F3N3O3S2/c2*1-32-17(11-23(31-32)35-26(27,28)29)10-18(36)8-15-4-7-21-19(9-15)24(25(34)30-13-14-2-3-14)22(37-21)12-20(33)16-5-6-16/h2*11,14-16H,2-10,12-13H2,1H3,(H,30,34)/t2*15-/m11/s1. The molecule has 22 heteroatoms. The number of hydrogen-bond donors (Lipinski definition) is 2. The lowest BCUT2D eigenvalue weighted by Crippen LogP contribution is -2.28. The molecule has 0 saturated heterocycles. The van der Waals surface area contributed by atoms with Crippen LogP contribution in [0.15, 0.2) is 12.1 Å². The quantitative estimate of drug-likeness (QED) is 0.0418. The molecule has 4 aromatic heterocycles. The molecule has 0 spiro atoms. The van der Waals surface area contributed by atoms with Crippen LogP contribution in [0.25, 0.3) is 0 Å². The van der Waals surface area contributed by atoms with Crippen molar-refractivity contribution in [3.05, 3.63) is 65.3 Å². The van der Waals surface area contributed by atoms with Crippen molar-refractivity contribution in [3.8, 4) is 11.8 Å². The second-order valence-electron chi connectivity index (χ2n) is 21.1. The van der Waals surface area contributed by atoms with Gasteiger partial charge in [-0.3, -0.25) is 28.5 Å². The third-order valence-corrected chi connectivity index (χ3v) is 18.0. The molecule has 400 valence electrons. The van der Waals surface area contributed by atoms with Crippen molar-refractivity contribution in [3.63, 3.8) is 0 Å². The van der Waals surface area contributed by atoms with Crippen LogP contribution in [-0.2, 0) is 75.1 Å². The van der Waals surface area contributed by atoms with Crippen molar-refractivity contribution in [1.82, 2.24) is 30.2 Å². The van der Waals surface area contributed by atoms with Gasteiger partial charge in [-0.2, -0.15) is 0 Å². The molecule has 74 heavy (non-hydrogen) atoms. The lowest BCUT2D eigenvalue weighted by atomic mass is 9.82. The first-order valence-corrected chi connectivity index (χ1v) is 28.4. The number of carbonyl (C=O) groups is 4. The number of aryl methyl sites for hydroxylation is 4. The van der Waals surface area contributed by atoms with Gasteiger partial charge in [-0.05, 0) is 147 Å². The van der Waals surface area contributed by atoms with E-state index in [1.807, 2.05) is 0 Å². The van der Waals surface area contributed by atoms with E-state index in [0.717, 1.165) is 120 Å². The molecule has 4 saturated carbocycles. The van der Waals surface area contributed by atoms with E-state index in [9.17, 15) is 41.1 Å². The number of alkyl halides is 6. The predicted molar refractivity (Wildman–Crippen MR) is 279 cm³/mol. The highest BCUT2D eigenvalue weighted by Gasteiger charge is 2.38. The maximum absolute atomic E-state index is 13.3. The minimum atomic E-state index is -4.79. The van der Waals surface area contributed by atoms with Gasteiger partial charge in [-0.1, -0.05) is 24.4 Å². The Labute approximate surface area is 450 Å². The highest BCUT2D eigenvalue weighted by molar-refractivity contribution is 7.80. The number of thiocarbonyl (C=S) groups is 2. The Bertz CT molecular complexity index is 2610. The van der Waals surface area contributed by atoms with Gasteiger partial charge in [0.05, 0.1) is 11.1 Å². The maximum atomic E-state index is 13.3. The summed E-state index contributed by atoms with van der Waals surface area (Å²) in [6.07, 6.45) is 11.4. The molecule has 4 aromatic rings. The van der Waals surface area contributed by atoms with Crippen LogP contribution in [0, 0.1) is 35.5 Å². The first-order chi connectivity index (χ1) is 35.1. The van der Waals surface area contributed by atoms with Gasteiger partial charge in [-0.25, -0.2) is 0 Å². The second-order valence-corrected chi connectivity index (χ2v) is 25.1. The van der Waals surface area contributed by atoms with Crippen LogP contribution in [0.2, 0.25) is 0 Å². The van der Waals surface area contributed by atoms with E-state index in [2.05, 4.69) is 30.3 Å². The van der Waals surface area contributed by atoms with Gasteiger partial charge in [-0.15, -0.1) is 54.8 Å². The number of halogens is 6. The summed E-state index contributed by atoms with van der Waals surface area (Å²) < 4.78 is 74.6. The fraction of sp³-hybridized carbons (Fsp3) is 0.615. The number of thiophene rings is 2. The molecule has 2 amide bonds. The number of rotatable bonds is 23. The van der Waals surface area contributed by atoms with Gasteiger partial charge in [0.25, 0.3) is 11.8 Å². The lowest BCUT2D eigenvalue weighted by molar-refractivity contribution is -0.276. The third kappa shape index (κ3) is 15.1. The van der Waals surface area contributed by atoms with E-state index in [1.54, 1.807) is 36.8 Å². The number of aromatic nitrogens is 4. The molecule has 10 rings (SSSR count). The zero-order valence-corrected chi connectivity index (χ0v) is 45.3. The number of carbonyl (C=O) groups excluding carboxylic acids is 4. The normalized spacial score (nSPS) is 19.4. The summed E-state index contributed by atoms with van der Waals surface area (Å²) in [5.74, 6) is 1.58. The smallest absolute Gasteiger partial charge is 0.400 e. The molecule has 0 aliphatic heterocycles. The van der Waals surface area contributed by atoms with Crippen LogP contribution < -0.4 is 20.1 Å². The maximum Gasteiger partial charge on any atom is 0.574 e. The van der Waals surface area contributed by atoms with Crippen LogP contribution in [0.1, 0.15) is 140 Å². The van der Waals surface area contributed by atoms with Crippen molar-refractivity contribution in [2.45, 2.75) is 140 Å². The zero-order valence-electron chi connectivity index (χ0n) is 41.3.